The van der Waals surface area contributed by atoms with Crippen LogP contribution in [0.2, 0.25) is 5.02 Å². The van der Waals surface area contributed by atoms with E-state index in [1.807, 2.05) is 0 Å². The van der Waals surface area contributed by atoms with Crippen LogP contribution in [0.3, 0.4) is 0 Å². The fraction of sp³-hybridized carbons (Fsp3) is 0.133. The summed E-state index contributed by atoms with van der Waals surface area (Å²) in [6.07, 6.45) is -10.1. The van der Waals surface area contributed by atoms with Gasteiger partial charge in [0.2, 0.25) is 0 Å². The number of halogens is 7. The lowest BCUT2D eigenvalue weighted by molar-refractivity contribution is -0.385. The molecule has 0 atom stereocenters. The quantitative estimate of drug-likeness (QED) is 0.275. The first kappa shape index (κ1) is 20.5. The van der Waals surface area contributed by atoms with Gasteiger partial charge in [0.25, 0.3) is 11.5 Å². The molecule has 0 radical (unpaired) electrons. The molecule has 0 bridgehead atoms. The molecule has 0 unspecified atom stereocenters. The Hall–Kier alpha value is -2.82. The van der Waals surface area contributed by atoms with E-state index in [1.54, 1.807) is 0 Å². The first-order valence-electron chi connectivity index (χ1n) is 6.75. The van der Waals surface area contributed by atoms with Gasteiger partial charge >= 0.3 is 12.4 Å². The molecule has 0 N–H and O–H groups in total. The molecule has 0 saturated heterocycles. The Morgan fingerprint density at radius 1 is 1.04 bits per heavy atom. The van der Waals surface area contributed by atoms with Crippen molar-refractivity contribution in [2.24, 2.45) is 0 Å². The summed E-state index contributed by atoms with van der Waals surface area (Å²) in [6, 6.07) is 3.91. The lowest BCUT2D eigenvalue weighted by Gasteiger charge is -2.12. The molecule has 27 heavy (non-hydrogen) atoms. The van der Waals surface area contributed by atoms with Gasteiger partial charge in [-0.05, 0) is 30.3 Å². The molecule has 144 valence electrons. The van der Waals surface area contributed by atoms with Crippen molar-refractivity contribution in [3.8, 4) is 11.5 Å². The van der Waals surface area contributed by atoms with Crippen molar-refractivity contribution in [1.29, 1.82) is 0 Å². The Balaban J connectivity index is 2.43. The number of benzene rings is 2. The van der Waals surface area contributed by atoms with E-state index in [4.69, 9.17) is 16.3 Å². The molecule has 0 aliphatic rings. The molecule has 0 aliphatic carbocycles. The van der Waals surface area contributed by atoms with Crippen molar-refractivity contribution in [2.45, 2.75) is 12.4 Å². The second-order valence-electron chi connectivity index (χ2n) is 5.01. The Morgan fingerprint density at radius 2 is 1.67 bits per heavy atom. The van der Waals surface area contributed by atoms with Crippen LogP contribution in [0.4, 0.5) is 32.0 Å². The zero-order valence-corrected chi connectivity index (χ0v) is 13.4. The number of nitro groups is 1. The van der Waals surface area contributed by atoms with Crippen LogP contribution in [0.5, 0.6) is 11.5 Å². The Morgan fingerprint density at radius 3 is 2.15 bits per heavy atom. The number of alkyl halides is 6. The molecule has 2 rings (SSSR count). The minimum absolute atomic E-state index is 0.357. The maximum Gasteiger partial charge on any atom is 0.455 e. The first-order chi connectivity index (χ1) is 12.3. The molecule has 0 amide bonds. The summed E-state index contributed by atoms with van der Waals surface area (Å²) in [5, 5.41) is 10.3. The predicted octanol–water partition coefficient (Wildman–Crippen LogP) is 5.80. The monoisotopic (exact) mass is 413 g/mol. The summed E-state index contributed by atoms with van der Waals surface area (Å²) in [6.45, 7) is 0. The molecule has 5 nitrogen and oxygen atoms in total. The molecule has 0 aliphatic heterocycles. The van der Waals surface area contributed by atoms with Gasteiger partial charge in [-0.3, -0.25) is 14.9 Å². The normalized spacial score (nSPS) is 12.0. The first-order valence-corrected chi connectivity index (χ1v) is 7.13. The van der Waals surface area contributed by atoms with Crippen LogP contribution >= 0.6 is 11.6 Å². The standard InChI is InChI=1S/C15H6ClF6NO4/c16-10-5-7(14(17,18)19)1-4-12(10)27-8-2-3-11(23(25)26)9(6-8)13(24)15(20,21)22/h1-6H. The maximum atomic E-state index is 12.6. The molecular weight excluding hydrogens is 408 g/mol. The number of hydrogen-bond acceptors (Lipinski definition) is 4. The van der Waals surface area contributed by atoms with E-state index in [0.717, 1.165) is 12.1 Å². The number of carbonyl (C=O) groups is 1. The molecular formula is C15H6ClF6NO4. The minimum Gasteiger partial charge on any atom is -0.456 e. The molecule has 0 heterocycles. The van der Waals surface area contributed by atoms with Gasteiger partial charge in [0.05, 0.1) is 15.5 Å². The molecule has 2 aromatic rings. The zero-order chi connectivity index (χ0) is 20.6. The van der Waals surface area contributed by atoms with Crippen LogP contribution < -0.4 is 4.74 Å². The van der Waals surface area contributed by atoms with E-state index in [-0.39, 0.29) is 5.75 Å². The highest BCUT2D eigenvalue weighted by Crippen LogP contribution is 2.37. The third-order valence-corrected chi connectivity index (χ3v) is 3.45. The molecule has 0 fully saturated rings. The van der Waals surface area contributed by atoms with Gasteiger partial charge in [0.1, 0.15) is 17.1 Å². The third-order valence-electron chi connectivity index (χ3n) is 3.15. The van der Waals surface area contributed by atoms with Crippen LogP contribution in [0.1, 0.15) is 15.9 Å². The van der Waals surface area contributed by atoms with E-state index in [0.29, 0.717) is 24.3 Å². The average Bonchev–Trinajstić information content (AvgIpc) is 2.53. The van der Waals surface area contributed by atoms with E-state index >= 15 is 0 Å². The number of carbonyl (C=O) groups excluding carboxylic acids is 1. The van der Waals surface area contributed by atoms with Gasteiger partial charge in [0.15, 0.2) is 0 Å². The summed E-state index contributed by atoms with van der Waals surface area (Å²) in [4.78, 5) is 21.0. The summed E-state index contributed by atoms with van der Waals surface area (Å²) in [5.41, 5.74) is -3.48. The second-order valence-corrected chi connectivity index (χ2v) is 5.42. The minimum atomic E-state index is -5.38. The van der Waals surface area contributed by atoms with Crippen molar-refractivity contribution in [2.75, 3.05) is 0 Å². The number of ether oxygens (including phenoxy) is 1. The third kappa shape index (κ3) is 4.67. The molecule has 0 saturated carbocycles. The van der Waals surface area contributed by atoms with Gasteiger partial charge in [0, 0.05) is 6.07 Å². The van der Waals surface area contributed by atoms with E-state index < -0.39 is 50.6 Å². The molecule has 2 aromatic carbocycles. The number of Topliss-reactive ketones (excluding diaryl/α,β-unsaturated/α-hetero) is 1. The topological polar surface area (TPSA) is 69.4 Å². The Labute approximate surface area is 151 Å². The van der Waals surface area contributed by atoms with E-state index in [9.17, 15) is 41.3 Å². The smallest absolute Gasteiger partial charge is 0.455 e. The number of nitrogens with zero attached hydrogens (tertiary/aromatic N) is 1. The molecule has 0 spiro atoms. The fourth-order valence-electron chi connectivity index (χ4n) is 1.96. The number of rotatable bonds is 4. The van der Waals surface area contributed by atoms with Crippen LogP contribution in [0.15, 0.2) is 36.4 Å². The zero-order valence-electron chi connectivity index (χ0n) is 12.7. The van der Waals surface area contributed by atoms with Crippen molar-refractivity contribution in [3.63, 3.8) is 0 Å². The Bertz CT molecular complexity index is 910. The second kappa shape index (κ2) is 7.06. The molecule has 12 heteroatoms. The number of hydrogen-bond donors (Lipinski definition) is 0. The highest BCUT2D eigenvalue weighted by Gasteiger charge is 2.43. The van der Waals surface area contributed by atoms with Crippen molar-refractivity contribution < 1.29 is 40.8 Å². The van der Waals surface area contributed by atoms with Crippen molar-refractivity contribution >= 4 is 23.1 Å². The lowest BCUT2D eigenvalue weighted by atomic mass is 10.1. The van der Waals surface area contributed by atoms with Gasteiger partial charge in [-0.15, -0.1) is 0 Å². The van der Waals surface area contributed by atoms with Crippen LogP contribution in [0, 0.1) is 10.1 Å². The summed E-state index contributed by atoms with van der Waals surface area (Å²) in [7, 11) is 0. The number of ketones is 1. The van der Waals surface area contributed by atoms with Crippen molar-refractivity contribution in [3.05, 3.63) is 62.7 Å². The van der Waals surface area contributed by atoms with Gasteiger partial charge in [-0.2, -0.15) is 26.3 Å². The summed E-state index contributed by atoms with van der Waals surface area (Å²) >= 11 is 5.66. The van der Waals surface area contributed by atoms with Gasteiger partial charge < -0.3 is 4.74 Å². The highest BCUT2D eigenvalue weighted by molar-refractivity contribution is 6.32. The van der Waals surface area contributed by atoms with Crippen LogP contribution in [0.25, 0.3) is 0 Å². The fourth-order valence-corrected chi connectivity index (χ4v) is 2.18. The molecule has 0 aromatic heterocycles. The lowest BCUT2D eigenvalue weighted by Crippen LogP contribution is -2.23. The maximum absolute atomic E-state index is 12.6. The van der Waals surface area contributed by atoms with E-state index in [2.05, 4.69) is 0 Å². The highest BCUT2D eigenvalue weighted by atomic mass is 35.5. The van der Waals surface area contributed by atoms with Gasteiger partial charge in [-0.1, -0.05) is 11.6 Å². The van der Waals surface area contributed by atoms with Crippen LogP contribution in [-0.4, -0.2) is 16.9 Å². The van der Waals surface area contributed by atoms with Crippen molar-refractivity contribution in [1.82, 2.24) is 0 Å². The number of nitro benzene ring substituents is 1. The Kier molecular flexibility index (Phi) is 5.36. The largest absolute Gasteiger partial charge is 0.456 e. The predicted molar refractivity (Wildman–Crippen MR) is 80.0 cm³/mol. The average molecular weight is 414 g/mol. The summed E-state index contributed by atoms with van der Waals surface area (Å²) in [5.74, 6) is -3.29. The van der Waals surface area contributed by atoms with Crippen LogP contribution in [-0.2, 0) is 6.18 Å². The SMILES string of the molecule is O=C(c1cc(Oc2ccc(C(F)(F)F)cc2Cl)ccc1[N+](=O)[O-])C(F)(F)F. The van der Waals surface area contributed by atoms with E-state index in [1.165, 1.54) is 0 Å². The van der Waals surface area contributed by atoms with Gasteiger partial charge in [-0.25, -0.2) is 0 Å². The summed E-state index contributed by atoms with van der Waals surface area (Å²) < 4.78 is 80.7.